The molecule has 0 aromatic heterocycles. The van der Waals surface area contributed by atoms with Crippen molar-refractivity contribution >= 4 is 10.1 Å². The van der Waals surface area contributed by atoms with Crippen molar-refractivity contribution in [2.75, 3.05) is 0 Å². The predicted octanol–water partition coefficient (Wildman–Crippen LogP) is 6.51. The second kappa shape index (κ2) is 8.52. The molecule has 0 amide bonds. The van der Waals surface area contributed by atoms with Crippen LogP contribution in [0.2, 0.25) is 0 Å². The molecule has 0 unspecified atom stereocenters. The van der Waals surface area contributed by atoms with Gasteiger partial charge in [0.15, 0.2) is 0 Å². The van der Waals surface area contributed by atoms with E-state index in [1.165, 1.54) is 29.8 Å². The van der Waals surface area contributed by atoms with Gasteiger partial charge in [-0.25, -0.2) is 0 Å². The van der Waals surface area contributed by atoms with Gasteiger partial charge in [-0.15, -0.1) is 0 Å². The SMILES string of the molecule is CCCc1ccc(-c2ccc(-c3ccc(OS(=O)(=O)C(F)(F)F)cc3)c(C)c2)cc1. The van der Waals surface area contributed by atoms with E-state index in [1.54, 1.807) is 0 Å². The Bertz CT molecular complexity index is 1120. The molecule has 0 radical (unpaired) electrons. The number of hydrogen-bond donors (Lipinski definition) is 0. The van der Waals surface area contributed by atoms with E-state index in [9.17, 15) is 21.6 Å². The molecular weight excluding hydrogens is 413 g/mol. The lowest BCUT2D eigenvalue weighted by atomic mass is 9.95. The Hall–Kier alpha value is -2.80. The summed E-state index contributed by atoms with van der Waals surface area (Å²) in [5.74, 6) is -0.391. The number of benzene rings is 3. The molecule has 0 N–H and O–H groups in total. The normalized spacial score (nSPS) is 12.0. The van der Waals surface area contributed by atoms with Crippen LogP contribution in [0, 0.1) is 6.92 Å². The Balaban J connectivity index is 1.81. The molecule has 3 rings (SSSR count). The van der Waals surface area contributed by atoms with Gasteiger partial charge < -0.3 is 4.18 Å². The molecule has 30 heavy (non-hydrogen) atoms. The average Bonchev–Trinajstić information content (AvgIpc) is 2.68. The van der Waals surface area contributed by atoms with Crippen molar-refractivity contribution in [2.45, 2.75) is 32.2 Å². The first-order valence-corrected chi connectivity index (χ1v) is 10.8. The monoisotopic (exact) mass is 434 g/mol. The van der Waals surface area contributed by atoms with Gasteiger partial charge in [0, 0.05) is 0 Å². The maximum Gasteiger partial charge on any atom is 0.534 e. The first-order chi connectivity index (χ1) is 14.1. The number of hydrogen-bond acceptors (Lipinski definition) is 3. The molecule has 0 atom stereocenters. The Morgan fingerprint density at radius 1 is 0.833 bits per heavy atom. The Labute approximate surface area is 174 Å². The standard InChI is InChI=1S/C23H21F3O3S/c1-3-4-17-5-7-18(8-6-17)20-11-14-22(16(2)15-20)19-9-12-21(13-10-19)29-30(27,28)23(24,25)26/h5-15H,3-4H2,1-2H3. The van der Waals surface area contributed by atoms with E-state index < -0.39 is 21.4 Å². The lowest BCUT2D eigenvalue weighted by Crippen LogP contribution is -2.28. The molecule has 158 valence electrons. The minimum atomic E-state index is -5.68. The quantitative estimate of drug-likeness (QED) is 0.328. The molecule has 7 heteroatoms. The van der Waals surface area contributed by atoms with Gasteiger partial charge >= 0.3 is 15.6 Å². The third kappa shape index (κ3) is 4.84. The first-order valence-electron chi connectivity index (χ1n) is 9.42. The molecule has 0 saturated carbocycles. The van der Waals surface area contributed by atoms with Crippen LogP contribution in [0.4, 0.5) is 13.2 Å². The fourth-order valence-electron chi connectivity index (χ4n) is 3.18. The molecule has 0 bridgehead atoms. The van der Waals surface area contributed by atoms with Gasteiger partial charge in [-0.3, -0.25) is 0 Å². The molecule has 0 aliphatic rings. The van der Waals surface area contributed by atoms with Crippen LogP contribution in [0.25, 0.3) is 22.3 Å². The van der Waals surface area contributed by atoms with E-state index in [-0.39, 0.29) is 0 Å². The summed E-state index contributed by atoms with van der Waals surface area (Å²) in [7, 11) is -5.68. The first kappa shape index (κ1) is 21.9. The summed E-state index contributed by atoms with van der Waals surface area (Å²) in [6, 6.07) is 19.9. The van der Waals surface area contributed by atoms with Crippen molar-refractivity contribution in [3.63, 3.8) is 0 Å². The summed E-state index contributed by atoms with van der Waals surface area (Å²) < 4.78 is 63.7. The van der Waals surface area contributed by atoms with Crippen molar-refractivity contribution in [3.8, 4) is 28.0 Å². The van der Waals surface area contributed by atoms with E-state index in [0.717, 1.165) is 40.7 Å². The zero-order valence-electron chi connectivity index (χ0n) is 16.5. The smallest absolute Gasteiger partial charge is 0.376 e. The predicted molar refractivity (Wildman–Crippen MR) is 112 cm³/mol. The minimum Gasteiger partial charge on any atom is -0.376 e. The zero-order chi connectivity index (χ0) is 21.9. The Kier molecular flexibility index (Phi) is 6.22. The van der Waals surface area contributed by atoms with E-state index in [4.69, 9.17) is 0 Å². The lowest BCUT2D eigenvalue weighted by Gasteiger charge is -2.12. The molecule has 0 fully saturated rings. The van der Waals surface area contributed by atoms with Crippen LogP contribution < -0.4 is 4.18 Å². The van der Waals surface area contributed by atoms with Crippen LogP contribution in [-0.4, -0.2) is 13.9 Å². The third-order valence-electron chi connectivity index (χ3n) is 4.71. The van der Waals surface area contributed by atoms with Crippen LogP contribution in [-0.2, 0) is 16.5 Å². The highest BCUT2D eigenvalue weighted by molar-refractivity contribution is 7.88. The summed E-state index contributed by atoms with van der Waals surface area (Å²) >= 11 is 0. The maximum absolute atomic E-state index is 12.4. The fourth-order valence-corrected chi connectivity index (χ4v) is 3.64. The Morgan fingerprint density at radius 2 is 1.40 bits per heavy atom. The van der Waals surface area contributed by atoms with Gasteiger partial charge in [-0.2, -0.15) is 21.6 Å². The van der Waals surface area contributed by atoms with Gasteiger partial charge in [0.1, 0.15) is 5.75 Å². The highest BCUT2D eigenvalue weighted by atomic mass is 32.2. The minimum absolute atomic E-state index is 0.391. The number of aryl methyl sites for hydroxylation is 2. The second-order valence-electron chi connectivity index (χ2n) is 6.98. The molecule has 0 spiro atoms. The highest BCUT2D eigenvalue weighted by Gasteiger charge is 2.48. The van der Waals surface area contributed by atoms with E-state index in [2.05, 4.69) is 35.4 Å². The topological polar surface area (TPSA) is 43.4 Å². The molecule has 0 aliphatic carbocycles. The van der Waals surface area contributed by atoms with Crippen LogP contribution in [0.1, 0.15) is 24.5 Å². The summed E-state index contributed by atoms with van der Waals surface area (Å²) in [4.78, 5) is 0. The Morgan fingerprint density at radius 3 is 1.93 bits per heavy atom. The lowest BCUT2D eigenvalue weighted by molar-refractivity contribution is -0.0500. The number of halogens is 3. The summed E-state index contributed by atoms with van der Waals surface area (Å²) in [6.07, 6.45) is 2.14. The van der Waals surface area contributed by atoms with Crippen LogP contribution in [0.3, 0.4) is 0 Å². The van der Waals surface area contributed by atoms with Crippen LogP contribution >= 0.6 is 0 Å². The molecule has 0 heterocycles. The van der Waals surface area contributed by atoms with E-state index in [1.807, 2.05) is 25.1 Å². The van der Waals surface area contributed by atoms with Gasteiger partial charge in [0.25, 0.3) is 0 Å². The molecule has 0 saturated heterocycles. The molecule has 0 aliphatic heterocycles. The van der Waals surface area contributed by atoms with Crippen molar-refractivity contribution in [1.82, 2.24) is 0 Å². The largest absolute Gasteiger partial charge is 0.534 e. The summed E-state index contributed by atoms with van der Waals surface area (Å²) in [5, 5.41) is 0. The van der Waals surface area contributed by atoms with Crippen molar-refractivity contribution in [3.05, 3.63) is 77.9 Å². The second-order valence-corrected chi connectivity index (χ2v) is 8.52. The summed E-state index contributed by atoms with van der Waals surface area (Å²) in [5.41, 5.74) is 0.625. The summed E-state index contributed by atoms with van der Waals surface area (Å²) in [6.45, 7) is 4.09. The average molecular weight is 434 g/mol. The van der Waals surface area contributed by atoms with E-state index >= 15 is 0 Å². The van der Waals surface area contributed by atoms with Gasteiger partial charge in [0.2, 0.25) is 0 Å². The van der Waals surface area contributed by atoms with E-state index in [0.29, 0.717) is 0 Å². The van der Waals surface area contributed by atoms with Gasteiger partial charge in [-0.05, 0) is 58.9 Å². The number of alkyl halides is 3. The van der Waals surface area contributed by atoms with Gasteiger partial charge in [0.05, 0.1) is 0 Å². The van der Waals surface area contributed by atoms with Crippen molar-refractivity contribution < 1.29 is 25.8 Å². The zero-order valence-corrected chi connectivity index (χ0v) is 17.3. The fraction of sp³-hybridized carbons (Fsp3) is 0.217. The van der Waals surface area contributed by atoms with Gasteiger partial charge in [-0.1, -0.05) is 67.9 Å². The molecular formula is C23H21F3O3S. The van der Waals surface area contributed by atoms with Crippen LogP contribution in [0.15, 0.2) is 66.7 Å². The number of rotatable bonds is 6. The van der Waals surface area contributed by atoms with Crippen LogP contribution in [0.5, 0.6) is 5.75 Å². The molecule has 3 nitrogen and oxygen atoms in total. The van der Waals surface area contributed by atoms with Crippen molar-refractivity contribution in [1.29, 1.82) is 0 Å². The highest BCUT2D eigenvalue weighted by Crippen LogP contribution is 2.31. The molecule has 3 aromatic rings. The third-order valence-corrected chi connectivity index (χ3v) is 5.69. The molecule has 3 aromatic carbocycles. The van der Waals surface area contributed by atoms with Crippen molar-refractivity contribution in [2.24, 2.45) is 0 Å². The maximum atomic E-state index is 12.4.